The maximum Gasteiger partial charge on any atom is 0.329 e. The van der Waals surface area contributed by atoms with Crippen molar-refractivity contribution in [2.75, 3.05) is 13.1 Å². The Labute approximate surface area is 347 Å². The van der Waals surface area contributed by atoms with Crippen LogP contribution in [0.3, 0.4) is 0 Å². The number of urea groups is 1. The van der Waals surface area contributed by atoms with Crippen LogP contribution in [0.25, 0.3) is 0 Å². The van der Waals surface area contributed by atoms with E-state index in [2.05, 4.69) is 21.3 Å². The first-order valence-electron chi connectivity index (χ1n) is 20.8. The van der Waals surface area contributed by atoms with Crippen LogP contribution in [0.2, 0.25) is 0 Å². The van der Waals surface area contributed by atoms with Crippen molar-refractivity contribution >= 4 is 41.7 Å². The van der Waals surface area contributed by atoms with Crippen molar-refractivity contribution in [3.63, 3.8) is 0 Å². The van der Waals surface area contributed by atoms with Gasteiger partial charge in [0.05, 0.1) is 0 Å². The van der Waals surface area contributed by atoms with Gasteiger partial charge in [0, 0.05) is 25.8 Å². The average molecular weight is 828 g/mol. The van der Waals surface area contributed by atoms with Gasteiger partial charge in [-0.25, -0.2) is 19.2 Å². The van der Waals surface area contributed by atoms with E-state index in [1.165, 1.54) is 0 Å². The number of carbonyl (C=O) groups excluding carboxylic acids is 7. The van der Waals surface area contributed by atoms with Gasteiger partial charge in [0.2, 0.25) is 11.8 Å². The standard InChI is InChI=1S/C42H77N5O11/c1-39(2,3)55-34(50)26-25-31(37(53)58-42(10,11)12)47-38(54)46-30(36(52)57-41(7,8)9)22-18-20-28-44-32(48)23-15-13-14-16-24-33(49)45-29(21-17-19-27-43)35(51)56-40(4,5)6/h29-31H,13-28,43H2,1-12H3,(H,44,48)(H,45,49)(H2,46,47,54). The topological polar surface area (TPSA) is 231 Å². The minimum atomic E-state index is -1.19. The summed E-state index contributed by atoms with van der Waals surface area (Å²) in [5, 5.41) is 10.8. The molecule has 4 amide bonds. The molecule has 16 heteroatoms. The van der Waals surface area contributed by atoms with Gasteiger partial charge >= 0.3 is 29.9 Å². The highest BCUT2D eigenvalue weighted by Crippen LogP contribution is 2.16. The fraction of sp³-hybridized carbons (Fsp3) is 0.833. The molecular weight excluding hydrogens is 750 g/mol. The lowest BCUT2D eigenvalue weighted by Gasteiger charge is -2.27. The van der Waals surface area contributed by atoms with Crippen molar-refractivity contribution < 1.29 is 52.5 Å². The number of rotatable bonds is 25. The molecule has 0 aromatic carbocycles. The fourth-order valence-electron chi connectivity index (χ4n) is 5.35. The van der Waals surface area contributed by atoms with Gasteiger partial charge in [-0.05, 0) is 147 Å². The minimum absolute atomic E-state index is 0.0841. The van der Waals surface area contributed by atoms with E-state index in [0.717, 1.165) is 19.3 Å². The third kappa shape index (κ3) is 30.2. The number of nitrogens with one attached hydrogen (secondary N) is 4. The van der Waals surface area contributed by atoms with E-state index in [9.17, 15) is 33.6 Å². The number of amides is 4. The smallest absolute Gasteiger partial charge is 0.329 e. The maximum atomic E-state index is 13.2. The van der Waals surface area contributed by atoms with Crippen LogP contribution in [0.15, 0.2) is 0 Å². The Kier molecular flexibility index (Phi) is 24.4. The molecule has 0 spiro atoms. The fourth-order valence-corrected chi connectivity index (χ4v) is 5.35. The van der Waals surface area contributed by atoms with Crippen molar-refractivity contribution in [1.29, 1.82) is 0 Å². The van der Waals surface area contributed by atoms with E-state index in [1.54, 1.807) is 83.1 Å². The number of hydrogen-bond donors (Lipinski definition) is 5. The molecule has 0 aromatic rings. The highest BCUT2D eigenvalue weighted by Gasteiger charge is 2.31. The van der Waals surface area contributed by atoms with Crippen molar-refractivity contribution in [2.45, 2.75) is 214 Å². The Morgan fingerprint density at radius 2 is 0.845 bits per heavy atom. The highest BCUT2D eigenvalue weighted by atomic mass is 16.6. The van der Waals surface area contributed by atoms with E-state index in [4.69, 9.17) is 24.7 Å². The molecule has 0 aliphatic heterocycles. The largest absolute Gasteiger partial charge is 0.460 e. The second kappa shape index (κ2) is 26.2. The molecule has 0 bridgehead atoms. The molecule has 0 aliphatic rings. The summed E-state index contributed by atoms with van der Waals surface area (Å²) in [6.45, 7) is 21.6. The second-order valence-corrected chi connectivity index (χ2v) is 18.6. The molecule has 0 radical (unpaired) electrons. The summed E-state index contributed by atoms with van der Waals surface area (Å²) in [6.07, 6.45) is 6.22. The van der Waals surface area contributed by atoms with Crippen molar-refractivity contribution in [1.82, 2.24) is 21.3 Å². The highest BCUT2D eigenvalue weighted by molar-refractivity contribution is 5.88. The Morgan fingerprint density at radius 1 is 0.448 bits per heavy atom. The van der Waals surface area contributed by atoms with Gasteiger partial charge in [0.1, 0.15) is 40.5 Å². The van der Waals surface area contributed by atoms with Crippen molar-refractivity contribution in [2.24, 2.45) is 5.73 Å². The van der Waals surface area contributed by atoms with Gasteiger partial charge in [-0.15, -0.1) is 0 Å². The van der Waals surface area contributed by atoms with Crippen LogP contribution in [-0.4, -0.2) is 95.3 Å². The lowest BCUT2D eigenvalue weighted by Crippen LogP contribution is -2.53. The molecular formula is C42H77N5O11. The summed E-state index contributed by atoms with van der Waals surface area (Å²) in [5.74, 6) is -2.72. The first-order chi connectivity index (χ1) is 26.6. The van der Waals surface area contributed by atoms with Crippen LogP contribution < -0.4 is 27.0 Å². The zero-order valence-corrected chi connectivity index (χ0v) is 37.6. The first-order valence-corrected chi connectivity index (χ1v) is 20.8. The Hall–Kier alpha value is -3.95. The number of esters is 4. The summed E-state index contributed by atoms with van der Waals surface area (Å²) in [6, 6.07) is -3.77. The van der Waals surface area contributed by atoms with Crippen molar-refractivity contribution in [3.05, 3.63) is 0 Å². The SMILES string of the molecule is CC(C)(C)OC(=O)CCC(NC(=O)NC(CCCCNC(=O)CCCCCCC(=O)NC(CCCCN)C(=O)OC(C)(C)C)C(=O)OC(C)(C)C)C(=O)OC(C)(C)C. The molecule has 0 fully saturated rings. The quantitative estimate of drug-likeness (QED) is 0.0442. The molecule has 0 rings (SSSR count). The molecule has 16 nitrogen and oxygen atoms in total. The third-order valence-corrected chi connectivity index (χ3v) is 7.82. The Balaban J connectivity index is 4.94. The Morgan fingerprint density at radius 3 is 1.28 bits per heavy atom. The van der Waals surface area contributed by atoms with E-state index < -0.39 is 70.4 Å². The lowest BCUT2D eigenvalue weighted by atomic mass is 10.1. The molecule has 0 heterocycles. The van der Waals surface area contributed by atoms with E-state index in [1.807, 2.05) is 0 Å². The third-order valence-electron chi connectivity index (χ3n) is 7.82. The molecule has 0 saturated heterocycles. The predicted octanol–water partition coefficient (Wildman–Crippen LogP) is 5.41. The van der Waals surface area contributed by atoms with Gasteiger partial charge in [-0.2, -0.15) is 0 Å². The summed E-state index contributed by atoms with van der Waals surface area (Å²) < 4.78 is 21.8. The molecule has 0 aliphatic carbocycles. The molecule has 0 saturated carbocycles. The lowest BCUT2D eigenvalue weighted by molar-refractivity contribution is -0.160. The summed E-state index contributed by atoms with van der Waals surface area (Å²) in [4.78, 5) is 89.2. The normalized spacial score (nSPS) is 13.6. The molecule has 58 heavy (non-hydrogen) atoms. The van der Waals surface area contributed by atoms with Crippen LogP contribution in [0.1, 0.15) is 173 Å². The molecule has 0 aromatic heterocycles. The molecule has 6 N–H and O–H groups in total. The van der Waals surface area contributed by atoms with E-state index >= 15 is 0 Å². The zero-order chi connectivity index (χ0) is 44.7. The summed E-state index contributed by atoms with van der Waals surface area (Å²) >= 11 is 0. The number of hydrogen-bond acceptors (Lipinski definition) is 12. The molecule has 3 unspecified atom stereocenters. The van der Waals surface area contributed by atoms with Crippen LogP contribution in [0.4, 0.5) is 4.79 Å². The van der Waals surface area contributed by atoms with Gasteiger partial charge in [0.25, 0.3) is 0 Å². The van der Waals surface area contributed by atoms with Gasteiger partial charge in [-0.1, -0.05) is 12.8 Å². The number of ether oxygens (including phenoxy) is 4. The molecule has 336 valence electrons. The van der Waals surface area contributed by atoms with E-state index in [0.29, 0.717) is 58.0 Å². The number of nitrogens with two attached hydrogens (primary N) is 1. The minimum Gasteiger partial charge on any atom is -0.460 e. The maximum absolute atomic E-state index is 13.2. The van der Waals surface area contributed by atoms with Crippen LogP contribution >= 0.6 is 0 Å². The number of unbranched alkanes of at least 4 members (excludes halogenated alkanes) is 5. The van der Waals surface area contributed by atoms with Crippen LogP contribution in [-0.2, 0) is 47.7 Å². The monoisotopic (exact) mass is 828 g/mol. The summed E-state index contributed by atoms with van der Waals surface area (Å²) in [5.41, 5.74) is 2.52. The first kappa shape index (κ1) is 54.0. The predicted molar refractivity (Wildman–Crippen MR) is 221 cm³/mol. The van der Waals surface area contributed by atoms with Crippen LogP contribution in [0.5, 0.6) is 0 Å². The second-order valence-electron chi connectivity index (χ2n) is 18.6. The van der Waals surface area contributed by atoms with Crippen LogP contribution in [0, 0.1) is 0 Å². The van der Waals surface area contributed by atoms with Gasteiger partial charge < -0.3 is 45.9 Å². The summed E-state index contributed by atoms with van der Waals surface area (Å²) in [7, 11) is 0. The Bertz CT molecular complexity index is 1310. The zero-order valence-electron chi connectivity index (χ0n) is 37.6. The number of carbonyl (C=O) groups is 7. The van der Waals surface area contributed by atoms with Gasteiger partial charge in [0.15, 0.2) is 0 Å². The average Bonchev–Trinajstić information content (AvgIpc) is 3.03. The van der Waals surface area contributed by atoms with Crippen molar-refractivity contribution in [3.8, 4) is 0 Å². The molecule has 3 atom stereocenters. The van der Waals surface area contributed by atoms with E-state index in [-0.39, 0.29) is 37.5 Å². The van der Waals surface area contributed by atoms with Gasteiger partial charge in [-0.3, -0.25) is 14.4 Å².